The van der Waals surface area contributed by atoms with E-state index in [9.17, 15) is 19.1 Å². The zero-order valence-electron chi connectivity index (χ0n) is 17.1. The van der Waals surface area contributed by atoms with E-state index >= 15 is 0 Å². The molecule has 1 N–H and O–H groups in total. The number of halogens is 1. The van der Waals surface area contributed by atoms with Crippen molar-refractivity contribution in [2.75, 3.05) is 19.0 Å². The summed E-state index contributed by atoms with van der Waals surface area (Å²) in [6.07, 6.45) is 1.49. The van der Waals surface area contributed by atoms with Crippen LogP contribution in [0.5, 0.6) is 0 Å². The molecule has 6 nitrogen and oxygen atoms in total. The number of Topliss-reactive ketones (excluding diaryl/α,β-unsaturated/α-hetero) is 1. The molecule has 1 saturated heterocycles. The van der Waals surface area contributed by atoms with Gasteiger partial charge in [0, 0.05) is 25.3 Å². The molecule has 1 amide bonds. The number of nitrogens with zero attached hydrogens (tertiary/aromatic N) is 2. The van der Waals surface area contributed by atoms with Crippen molar-refractivity contribution in [1.82, 2.24) is 4.90 Å². The lowest BCUT2D eigenvalue weighted by molar-refractivity contribution is -0.140. The number of aliphatic hydroxyl groups is 1. The largest absolute Gasteiger partial charge is 0.507 e. The second kappa shape index (κ2) is 8.10. The van der Waals surface area contributed by atoms with Crippen LogP contribution in [-0.2, 0) is 16.1 Å². The van der Waals surface area contributed by atoms with Gasteiger partial charge in [0.1, 0.15) is 17.3 Å². The van der Waals surface area contributed by atoms with Crippen LogP contribution in [0.15, 0.2) is 76.9 Å². The van der Waals surface area contributed by atoms with Crippen molar-refractivity contribution in [3.05, 3.63) is 95.2 Å². The van der Waals surface area contributed by atoms with Gasteiger partial charge in [0.15, 0.2) is 0 Å². The van der Waals surface area contributed by atoms with Crippen molar-refractivity contribution in [2.45, 2.75) is 12.6 Å². The monoisotopic (exact) mass is 420 g/mol. The molecule has 0 aliphatic carbocycles. The molecular formula is C24H21FN2O4. The van der Waals surface area contributed by atoms with Gasteiger partial charge in [-0.25, -0.2) is 4.39 Å². The second-order valence-corrected chi connectivity index (χ2v) is 7.50. The zero-order chi connectivity index (χ0) is 22.1. The van der Waals surface area contributed by atoms with Crippen molar-refractivity contribution in [1.29, 1.82) is 0 Å². The molecule has 3 aromatic rings. The molecule has 1 aliphatic rings. The van der Waals surface area contributed by atoms with Crippen LogP contribution in [0.3, 0.4) is 0 Å². The number of benzene rings is 2. The Kier molecular flexibility index (Phi) is 5.33. The zero-order valence-corrected chi connectivity index (χ0v) is 17.1. The number of carbonyl (C=O) groups is 2. The van der Waals surface area contributed by atoms with Crippen LogP contribution in [0.2, 0.25) is 0 Å². The lowest BCUT2D eigenvalue weighted by Gasteiger charge is -2.25. The highest BCUT2D eigenvalue weighted by Crippen LogP contribution is 2.40. The highest BCUT2D eigenvalue weighted by Gasteiger charge is 2.46. The minimum Gasteiger partial charge on any atom is -0.507 e. The molecule has 1 aromatic heterocycles. The number of anilines is 1. The fraction of sp³-hybridized carbons (Fsp3) is 0.167. The van der Waals surface area contributed by atoms with Gasteiger partial charge in [-0.2, -0.15) is 0 Å². The van der Waals surface area contributed by atoms with Crippen molar-refractivity contribution in [3.8, 4) is 0 Å². The van der Waals surface area contributed by atoms with E-state index in [2.05, 4.69) is 0 Å². The van der Waals surface area contributed by atoms with Gasteiger partial charge in [-0.05, 0) is 54.1 Å². The predicted octanol–water partition coefficient (Wildman–Crippen LogP) is 4.11. The van der Waals surface area contributed by atoms with Gasteiger partial charge in [-0.3, -0.25) is 9.59 Å². The first-order valence-corrected chi connectivity index (χ1v) is 9.71. The van der Waals surface area contributed by atoms with E-state index in [1.165, 1.54) is 35.4 Å². The molecule has 0 unspecified atom stereocenters. The van der Waals surface area contributed by atoms with Crippen molar-refractivity contribution < 1.29 is 23.5 Å². The minimum absolute atomic E-state index is 0.0410. The maximum atomic E-state index is 13.3. The van der Waals surface area contributed by atoms with Crippen molar-refractivity contribution >= 4 is 23.1 Å². The SMILES string of the molecule is CN(C)c1ccc([C@@H]2C(=C(O)c3ccc(F)cc3)C(=O)C(=O)N2Cc2ccco2)cc1. The maximum Gasteiger partial charge on any atom is 0.296 e. The standard InChI is InChI=1S/C24H21FN2O4/c1-26(2)18-11-7-15(8-12-18)21-20(22(28)16-5-9-17(25)10-6-16)23(29)24(30)27(21)14-19-4-3-13-31-19/h3-13,21,28H,14H2,1-2H3/t21-/m1/s1. The smallest absolute Gasteiger partial charge is 0.296 e. The van der Waals surface area contributed by atoms with Gasteiger partial charge >= 0.3 is 0 Å². The molecule has 31 heavy (non-hydrogen) atoms. The number of aliphatic hydroxyl groups excluding tert-OH is 1. The first-order chi connectivity index (χ1) is 14.9. The Bertz CT molecular complexity index is 1130. The van der Waals surface area contributed by atoms with Crippen LogP contribution < -0.4 is 4.90 Å². The Balaban J connectivity index is 1.84. The summed E-state index contributed by atoms with van der Waals surface area (Å²) in [5, 5.41) is 10.9. The normalized spacial score (nSPS) is 17.9. The molecule has 1 atom stereocenters. The first kappa shape index (κ1) is 20.4. The number of likely N-dealkylation sites (tertiary alicyclic amines) is 1. The topological polar surface area (TPSA) is 74.0 Å². The first-order valence-electron chi connectivity index (χ1n) is 9.71. The van der Waals surface area contributed by atoms with Crippen LogP contribution >= 0.6 is 0 Å². The van der Waals surface area contributed by atoms with Gasteiger partial charge in [-0.15, -0.1) is 0 Å². The molecule has 4 rings (SSSR count). The lowest BCUT2D eigenvalue weighted by atomic mass is 9.95. The fourth-order valence-corrected chi connectivity index (χ4v) is 3.68. The number of rotatable bonds is 5. The molecule has 0 bridgehead atoms. The summed E-state index contributed by atoms with van der Waals surface area (Å²) in [4.78, 5) is 29.2. The minimum atomic E-state index is -0.814. The Morgan fingerprint density at radius 1 is 1.06 bits per heavy atom. The molecule has 2 aromatic carbocycles. The summed E-state index contributed by atoms with van der Waals surface area (Å²) in [5.41, 5.74) is 1.83. The Hall–Kier alpha value is -3.87. The summed E-state index contributed by atoms with van der Waals surface area (Å²) in [5.74, 6) is -1.83. The molecule has 2 heterocycles. The van der Waals surface area contributed by atoms with Gasteiger partial charge in [-0.1, -0.05) is 12.1 Å². The third kappa shape index (κ3) is 3.82. The van der Waals surface area contributed by atoms with E-state index in [0.717, 1.165) is 5.69 Å². The Morgan fingerprint density at radius 2 is 1.74 bits per heavy atom. The van der Waals surface area contributed by atoms with E-state index in [4.69, 9.17) is 4.42 Å². The van der Waals surface area contributed by atoms with Crippen molar-refractivity contribution in [3.63, 3.8) is 0 Å². The molecule has 0 saturated carbocycles. The highest BCUT2D eigenvalue weighted by atomic mass is 19.1. The number of hydrogen-bond acceptors (Lipinski definition) is 5. The molecule has 7 heteroatoms. The number of hydrogen-bond donors (Lipinski definition) is 1. The Morgan fingerprint density at radius 3 is 2.32 bits per heavy atom. The van der Waals surface area contributed by atoms with Crippen LogP contribution in [0.4, 0.5) is 10.1 Å². The number of carbonyl (C=O) groups excluding carboxylic acids is 2. The fourth-order valence-electron chi connectivity index (χ4n) is 3.68. The molecular weight excluding hydrogens is 399 g/mol. The summed E-state index contributed by atoms with van der Waals surface area (Å²) in [7, 11) is 3.82. The second-order valence-electron chi connectivity index (χ2n) is 7.50. The van der Waals surface area contributed by atoms with Crippen LogP contribution in [0.25, 0.3) is 5.76 Å². The third-order valence-electron chi connectivity index (χ3n) is 5.29. The quantitative estimate of drug-likeness (QED) is 0.382. The summed E-state index contributed by atoms with van der Waals surface area (Å²) < 4.78 is 18.7. The number of ketones is 1. The predicted molar refractivity (Wildman–Crippen MR) is 114 cm³/mol. The average Bonchev–Trinajstić information content (AvgIpc) is 3.36. The van der Waals surface area contributed by atoms with E-state index in [1.807, 2.05) is 43.3 Å². The average molecular weight is 420 g/mol. The van der Waals surface area contributed by atoms with Gasteiger partial charge in [0.2, 0.25) is 0 Å². The maximum absolute atomic E-state index is 13.3. The Labute approximate surface area is 178 Å². The molecule has 0 radical (unpaired) electrons. The van der Waals surface area contributed by atoms with E-state index in [1.54, 1.807) is 12.1 Å². The van der Waals surface area contributed by atoms with Crippen LogP contribution in [0.1, 0.15) is 22.9 Å². The van der Waals surface area contributed by atoms with Crippen molar-refractivity contribution in [2.24, 2.45) is 0 Å². The summed E-state index contributed by atoms with van der Waals surface area (Å²) in [6, 6.07) is 15.1. The summed E-state index contributed by atoms with van der Waals surface area (Å²) in [6.45, 7) is 0.0673. The molecule has 158 valence electrons. The van der Waals surface area contributed by atoms with E-state index in [-0.39, 0.29) is 23.4 Å². The molecule has 1 aliphatic heterocycles. The molecule has 1 fully saturated rings. The number of amides is 1. The molecule has 0 spiro atoms. The van der Waals surface area contributed by atoms with E-state index in [0.29, 0.717) is 11.3 Å². The highest BCUT2D eigenvalue weighted by molar-refractivity contribution is 6.46. The van der Waals surface area contributed by atoms with Crippen LogP contribution in [-0.4, -0.2) is 35.8 Å². The van der Waals surface area contributed by atoms with Gasteiger partial charge in [0.05, 0.1) is 24.4 Å². The summed E-state index contributed by atoms with van der Waals surface area (Å²) >= 11 is 0. The van der Waals surface area contributed by atoms with Gasteiger partial charge < -0.3 is 19.3 Å². The lowest BCUT2D eigenvalue weighted by Crippen LogP contribution is -2.29. The van der Waals surface area contributed by atoms with Crippen LogP contribution in [0, 0.1) is 5.82 Å². The number of furan rings is 1. The third-order valence-corrected chi connectivity index (χ3v) is 5.29. The van der Waals surface area contributed by atoms with Gasteiger partial charge in [0.25, 0.3) is 11.7 Å². The van der Waals surface area contributed by atoms with E-state index < -0.39 is 23.5 Å².